The highest BCUT2D eigenvalue weighted by Gasteiger charge is 2.28. The van der Waals surface area contributed by atoms with E-state index in [1.54, 1.807) is 45.2 Å². The van der Waals surface area contributed by atoms with E-state index in [-0.39, 0.29) is 65.5 Å². The molecule has 4 aromatic rings. The summed E-state index contributed by atoms with van der Waals surface area (Å²) in [6, 6.07) is 23.4. The quantitative estimate of drug-likeness (QED) is 0.0675. The molecule has 4 aromatic carbocycles. The zero-order valence-electron chi connectivity index (χ0n) is 46.9. The fourth-order valence-electron chi connectivity index (χ4n) is 9.36. The number of nitro groups is 2. The first kappa shape index (κ1) is 63.8. The van der Waals surface area contributed by atoms with Crippen LogP contribution in [0.15, 0.2) is 89.8 Å². The van der Waals surface area contributed by atoms with Crippen LogP contribution in [0.25, 0.3) is 0 Å². The fourth-order valence-corrected chi connectivity index (χ4v) is 10.9. The smallest absolute Gasteiger partial charge is 0.298 e. The number of likely N-dealkylation sites (tertiary alicyclic amines) is 2. The SMILES string of the molecule is CN(C)C1CCN(C(=O)c2ccc([N+](=O)[O-])cc2)CC1.CN(C)C1CCNCC1.COc1cc(C)c(S(=O)(=O)N(C)CCC(=O)Cc2ccc(C(=O)N3CCC(N(C)C)CC3)cc2)c(C)c1.O=COc1ccc([N+](=O)[O-])cc1. The number of nitrogens with zero attached hydrogens (tertiary/aromatic N) is 8. The summed E-state index contributed by atoms with van der Waals surface area (Å²) in [7, 11) is 11.9. The highest BCUT2D eigenvalue weighted by Crippen LogP contribution is 2.28. The molecule has 21 nitrogen and oxygen atoms in total. The number of methoxy groups -OCH3 is 1. The Morgan fingerprint density at radius 2 is 1.04 bits per heavy atom. The number of nitrogens with one attached hydrogen (secondary N) is 1. The van der Waals surface area contributed by atoms with Crippen molar-refractivity contribution in [1.29, 1.82) is 0 Å². The molecule has 7 rings (SSSR count). The maximum absolute atomic E-state index is 13.2. The molecule has 0 spiro atoms. The van der Waals surface area contributed by atoms with Gasteiger partial charge in [0.1, 0.15) is 17.3 Å². The first-order chi connectivity index (χ1) is 37.0. The Kier molecular flexibility index (Phi) is 25.4. The number of Topliss-reactive ketones (excluding diaryl/α,β-unsaturated/α-hetero) is 1. The fraction of sp³-hybridized carbons (Fsp3) is 0.500. The summed E-state index contributed by atoms with van der Waals surface area (Å²) in [6.07, 6.45) is 6.78. The molecule has 3 fully saturated rings. The van der Waals surface area contributed by atoms with Crippen molar-refractivity contribution < 1.29 is 46.9 Å². The lowest BCUT2D eigenvalue weighted by molar-refractivity contribution is -0.385. The zero-order valence-corrected chi connectivity index (χ0v) is 47.7. The number of hydrogen-bond acceptors (Lipinski definition) is 16. The van der Waals surface area contributed by atoms with Gasteiger partial charge in [-0.3, -0.25) is 39.4 Å². The van der Waals surface area contributed by atoms with Crippen molar-refractivity contribution in [3.05, 3.63) is 133 Å². The van der Waals surface area contributed by atoms with Gasteiger partial charge in [0.15, 0.2) is 0 Å². The summed E-state index contributed by atoms with van der Waals surface area (Å²) in [4.78, 5) is 78.1. The van der Waals surface area contributed by atoms with Crippen molar-refractivity contribution in [3.63, 3.8) is 0 Å². The van der Waals surface area contributed by atoms with Crippen LogP contribution in [0, 0.1) is 34.1 Å². The number of aryl methyl sites for hydroxylation is 2. The highest BCUT2D eigenvalue weighted by atomic mass is 32.2. The Morgan fingerprint density at radius 1 is 0.641 bits per heavy atom. The second kappa shape index (κ2) is 31.0. The lowest BCUT2D eigenvalue weighted by Gasteiger charge is -2.35. The zero-order chi connectivity index (χ0) is 57.7. The average Bonchev–Trinajstić information content (AvgIpc) is 3.43. The molecule has 0 aliphatic carbocycles. The van der Waals surface area contributed by atoms with Crippen LogP contribution in [0.2, 0.25) is 0 Å². The van der Waals surface area contributed by atoms with Crippen molar-refractivity contribution >= 4 is 45.5 Å². The number of nitro benzene ring substituents is 2. The van der Waals surface area contributed by atoms with E-state index < -0.39 is 19.9 Å². The van der Waals surface area contributed by atoms with Crippen molar-refractivity contribution in [2.45, 2.75) is 88.2 Å². The maximum atomic E-state index is 13.2. The van der Waals surface area contributed by atoms with Gasteiger partial charge in [0.2, 0.25) is 10.0 Å². The van der Waals surface area contributed by atoms with E-state index in [1.807, 2.05) is 21.9 Å². The summed E-state index contributed by atoms with van der Waals surface area (Å²) in [5.41, 5.74) is 3.12. The minimum Gasteiger partial charge on any atom is -0.497 e. The Labute approximate surface area is 459 Å². The van der Waals surface area contributed by atoms with Crippen LogP contribution in [0.5, 0.6) is 11.5 Å². The third kappa shape index (κ3) is 19.3. The van der Waals surface area contributed by atoms with Gasteiger partial charge in [0.05, 0.1) is 21.9 Å². The highest BCUT2D eigenvalue weighted by molar-refractivity contribution is 7.89. The van der Waals surface area contributed by atoms with Crippen LogP contribution in [-0.4, -0.2) is 192 Å². The molecule has 0 saturated carbocycles. The molecule has 3 aliphatic heterocycles. The molecule has 78 heavy (non-hydrogen) atoms. The van der Waals surface area contributed by atoms with E-state index in [0.717, 1.165) is 63.5 Å². The number of benzene rings is 4. The molecule has 0 atom stereocenters. The van der Waals surface area contributed by atoms with Gasteiger partial charge in [-0.05, 0) is 173 Å². The molecule has 0 radical (unpaired) electrons. The minimum absolute atomic E-state index is 0.00728. The van der Waals surface area contributed by atoms with Crippen LogP contribution >= 0.6 is 0 Å². The van der Waals surface area contributed by atoms with Gasteiger partial charge in [-0.2, -0.15) is 0 Å². The number of ketones is 1. The van der Waals surface area contributed by atoms with E-state index in [0.29, 0.717) is 40.1 Å². The maximum Gasteiger partial charge on any atom is 0.298 e. The lowest BCUT2D eigenvalue weighted by Crippen LogP contribution is -2.44. The first-order valence-electron chi connectivity index (χ1n) is 26.1. The van der Waals surface area contributed by atoms with E-state index >= 15 is 0 Å². The van der Waals surface area contributed by atoms with E-state index in [1.165, 1.54) is 85.8 Å². The molecule has 3 heterocycles. The number of non-ortho nitro benzene ring substituents is 2. The molecule has 1 N–H and O–H groups in total. The molecule has 22 heteroatoms. The van der Waals surface area contributed by atoms with E-state index in [9.17, 15) is 47.8 Å². The third-order valence-electron chi connectivity index (χ3n) is 14.2. The molecular weight excluding hydrogens is 1020 g/mol. The van der Waals surface area contributed by atoms with E-state index in [2.05, 4.69) is 67.0 Å². The summed E-state index contributed by atoms with van der Waals surface area (Å²) < 4.78 is 37.2. The first-order valence-corrected chi connectivity index (χ1v) is 27.5. The van der Waals surface area contributed by atoms with Crippen LogP contribution in [0.3, 0.4) is 0 Å². The Hall–Kier alpha value is -6.69. The van der Waals surface area contributed by atoms with Crippen molar-refractivity contribution in [3.8, 4) is 11.5 Å². The molecular formula is C56H79N9O12S. The number of rotatable bonds is 17. The van der Waals surface area contributed by atoms with Crippen molar-refractivity contribution in [1.82, 2.24) is 34.1 Å². The monoisotopic (exact) mass is 1100 g/mol. The largest absolute Gasteiger partial charge is 0.497 e. The molecule has 3 aliphatic rings. The molecule has 0 bridgehead atoms. The predicted octanol–water partition coefficient (Wildman–Crippen LogP) is 6.49. The number of carbonyl (C=O) groups excluding carboxylic acids is 4. The van der Waals surface area contributed by atoms with Gasteiger partial charge >= 0.3 is 0 Å². The van der Waals surface area contributed by atoms with Crippen LogP contribution in [0.4, 0.5) is 11.4 Å². The summed E-state index contributed by atoms with van der Waals surface area (Å²) in [5.74, 6) is 0.808. The normalized spacial score (nSPS) is 15.3. The number of sulfonamides is 1. The number of ether oxygens (including phenoxy) is 2. The third-order valence-corrected chi connectivity index (χ3v) is 16.4. The van der Waals surface area contributed by atoms with E-state index in [4.69, 9.17) is 4.74 Å². The number of carbonyl (C=O) groups is 4. The molecule has 3 saturated heterocycles. The second-order valence-electron chi connectivity index (χ2n) is 20.3. The predicted molar refractivity (Wildman–Crippen MR) is 300 cm³/mol. The number of piperidine rings is 3. The average molecular weight is 1100 g/mol. The lowest BCUT2D eigenvalue weighted by atomic mass is 10.0. The Morgan fingerprint density at radius 3 is 1.41 bits per heavy atom. The van der Waals surface area contributed by atoms with Crippen molar-refractivity contribution in [2.75, 3.05) is 102 Å². The topological polar surface area (TPSA) is 239 Å². The van der Waals surface area contributed by atoms with Crippen LogP contribution in [0.1, 0.15) is 82.4 Å². The molecule has 426 valence electrons. The van der Waals surface area contributed by atoms with Crippen LogP contribution < -0.4 is 14.8 Å². The van der Waals surface area contributed by atoms with Gasteiger partial charge in [0, 0.05) is 106 Å². The summed E-state index contributed by atoms with van der Waals surface area (Å²) in [5, 5.41) is 24.1. The summed E-state index contributed by atoms with van der Waals surface area (Å²) >= 11 is 0. The number of amides is 2. The van der Waals surface area contributed by atoms with Gasteiger partial charge < -0.3 is 39.3 Å². The van der Waals surface area contributed by atoms with Gasteiger partial charge in [0.25, 0.3) is 29.7 Å². The van der Waals surface area contributed by atoms with Crippen molar-refractivity contribution in [2.24, 2.45) is 0 Å². The Balaban J connectivity index is 0.000000263. The molecule has 0 unspecified atom stereocenters. The van der Waals surface area contributed by atoms with Gasteiger partial charge in [-0.1, -0.05) is 12.1 Å². The van der Waals surface area contributed by atoms with Gasteiger partial charge in [-0.15, -0.1) is 0 Å². The minimum atomic E-state index is -3.75. The second-order valence-corrected chi connectivity index (χ2v) is 22.2. The molecule has 2 amide bonds. The number of hydrogen-bond donors (Lipinski definition) is 1. The van der Waals surface area contributed by atoms with Crippen LogP contribution in [-0.2, 0) is 26.0 Å². The standard InChI is InChI=1S/C28H39N3O5S.C14H19N3O3.C7H16N2.C7H5NO4/c1-20-17-26(36-6)18-21(2)27(20)37(34,35)30(5)14-13-25(32)19-22-7-9-23(10-8-22)28(33)31-15-11-24(12-16-31)29(3)4;1-15(2)12-7-9-16(10-8-12)14(18)11-3-5-13(6-4-11)17(19)20;1-9(2)7-3-5-8-6-4-7;9-5-12-7-3-1-6(2-4-7)8(10)11/h7-10,17-18,24H,11-16,19H2,1-6H3;3-6,12H,7-10H2,1-2H3;7-8H,3-6H2,1-2H3;1-5H. The van der Waals surface area contributed by atoms with Gasteiger partial charge in [-0.25, -0.2) is 12.7 Å². The molecule has 0 aromatic heterocycles. The summed E-state index contributed by atoms with van der Waals surface area (Å²) in [6.45, 7) is 9.18. The Bertz CT molecular complexity index is 2680.